The van der Waals surface area contributed by atoms with Crippen molar-refractivity contribution in [2.45, 2.75) is 26.8 Å². The Morgan fingerprint density at radius 3 is 2.30 bits per heavy atom. The lowest BCUT2D eigenvalue weighted by Crippen LogP contribution is -2.39. The van der Waals surface area contributed by atoms with Gasteiger partial charge < -0.3 is 4.90 Å². The number of hydrogen-bond donors (Lipinski definition) is 0. The Balaban J connectivity index is 1.72. The highest BCUT2D eigenvalue weighted by Gasteiger charge is 2.18. The van der Waals surface area contributed by atoms with Crippen molar-refractivity contribution >= 4 is 34.5 Å². The van der Waals surface area contributed by atoms with Gasteiger partial charge >= 0.3 is 0 Å². The van der Waals surface area contributed by atoms with Crippen molar-refractivity contribution in [2.75, 3.05) is 11.4 Å². The summed E-state index contributed by atoms with van der Waals surface area (Å²) in [5.74, 6) is -0.0378. The van der Waals surface area contributed by atoms with Crippen LogP contribution in [0.5, 0.6) is 0 Å². The minimum absolute atomic E-state index is 0.0324. The van der Waals surface area contributed by atoms with Gasteiger partial charge in [0.15, 0.2) is 4.80 Å². The van der Waals surface area contributed by atoms with Crippen LogP contribution in [0.2, 0.25) is 5.02 Å². The van der Waals surface area contributed by atoms with Crippen LogP contribution in [0.15, 0.2) is 90.1 Å². The number of amides is 1. The molecule has 0 aliphatic rings. The third kappa shape index (κ3) is 5.44. The van der Waals surface area contributed by atoms with Crippen molar-refractivity contribution in [1.29, 1.82) is 0 Å². The molecule has 0 unspecified atom stereocenters. The zero-order valence-corrected chi connectivity index (χ0v) is 20.5. The Labute approximate surface area is 203 Å². The topological polar surface area (TPSA) is 37.6 Å². The molecule has 4 nitrogen and oxygen atoms in total. The smallest absolute Gasteiger partial charge is 0.248 e. The lowest BCUT2D eigenvalue weighted by atomic mass is 10.1. The number of carbonyl (C=O) groups is 1. The van der Waals surface area contributed by atoms with Gasteiger partial charge in [-0.05, 0) is 62.7 Å². The van der Waals surface area contributed by atoms with Gasteiger partial charge in [-0.25, -0.2) is 4.99 Å². The van der Waals surface area contributed by atoms with Crippen molar-refractivity contribution < 1.29 is 4.79 Å². The van der Waals surface area contributed by atoms with Crippen LogP contribution in [0.1, 0.15) is 19.4 Å². The van der Waals surface area contributed by atoms with E-state index in [9.17, 15) is 4.79 Å². The number of anilines is 1. The number of nitrogens with zero attached hydrogens (tertiary/aromatic N) is 3. The Morgan fingerprint density at radius 2 is 1.67 bits per heavy atom. The van der Waals surface area contributed by atoms with Crippen LogP contribution < -0.4 is 9.70 Å². The summed E-state index contributed by atoms with van der Waals surface area (Å²) in [6.07, 6.45) is 2.07. The molecule has 0 saturated carbocycles. The number of benzene rings is 3. The first kappa shape index (κ1) is 23.0. The minimum Gasteiger partial charge on any atom is -0.308 e. The van der Waals surface area contributed by atoms with Gasteiger partial charge in [0.25, 0.3) is 0 Å². The summed E-state index contributed by atoms with van der Waals surface area (Å²) in [7, 11) is 0. The van der Waals surface area contributed by atoms with Gasteiger partial charge in [-0.2, -0.15) is 0 Å². The molecular weight excluding hydrogens is 450 g/mol. The number of hydrogen-bond acceptors (Lipinski definition) is 3. The van der Waals surface area contributed by atoms with Crippen molar-refractivity contribution in [1.82, 2.24) is 4.57 Å². The van der Waals surface area contributed by atoms with Gasteiger partial charge in [0.2, 0.25) is 5.91 Å². The predicted octanol–water partition coefficient (Wildman–Crippen LogP) is 6.51. The lowest BCUT2D eigenvalue weighted by Gasteiger charge is -2.26. The molecule has 0 fully saturated rings. The fraction of sp³-hybridized carbons (Fsp3) is 0.185. The summed E-state index contributed by atoms with van der Waals surface area (Å²) in [6.45, 7) is 6.17. The van der Waals surface area contributed by atoms with E-state index in [-0.39, 0.29) is 18.5 Å². The molecule has 0 spiro atoms. The molecule has 6 heteroatoms. The molecular formula is C27H26ClN3OS. The zero-order chi connectivity index (χ0) is 23.4. The van der Waals surface area contributed by atoms with Gasteiger partial charge in [-0.1, -0.05) is 71.0 Å². The van der Waals surface area contributed by atoms with Crippen LogP contribution in [-0.4, -0.2) is 23.1 Å². The van der Waals surface area contributed by atoms with E-state index >= 15 is 0 Å². The maximum atomic E-state index is 13.2. The quantitative estimate of drug-likeness (QED) is 0.313. The average molecular weight is 476 g/mol. The Kier molecular flexibility index (Phi) is 7.11. The molecule has 0 N–H and O–H groups in total. The number of thiazole rings is 1. The normalized spacial score (nSPS) is 11.7. The molecule has 1 heterocycles. The van der Waals surface area contributed by atoms with Crippen LogP contribution >= 0.6 is 22.9 Å². The molecule has 1 aromatic heterocycles. The molecule has 0 radical (unpaired) electrons. The van der Waals surface area contributed by atoms with Crippen LogP contribution in [0.4, 0.5) is 5.69 Å². The Morgan fingerprint density at radius 1 is 1.00 bits per heavy atom. The van der Waals surface area contributed by atoms with E-state index < -0.39 is 0 Å². The molecule has 1 amide bonds. The highest BCUT2D eigenvalue weighted by Crippen LogP contribution is 2.24. The summed E-state index contributed by atoms with van der Waals surface area (Å²) in [6, 6.07) is 25.8. The minimum atomic E-state index is -0.0378. The van der Waals surface area contributed by atoms with Crippen molar-refractivity contribution in [2.24, 2.45) is 4.99 Å². The Bertz CT molecular complexity index is 1290. The summed E-state index contributed by atoms with van der Waals surface area (Å²) in [5, 5.41) is 0.678. The van der Waals surface area contributed by atoms with Crippen LogP contribution in [-0.2, 0) is 4.79 Å². The average Bonchev–Trinajstić information content (AvgIpc) is 3.23. The number of aromatic nitrogens is 1. The molecule has 0 aliphatic carbocycles. The largest absolute Gasteiger partial charge is 0.308 e. The van der Waals surface area contributed by atoms with Crippen LogP contribution in [0.3, 0.4) is 0 Å². The van der Waals surface area contributed by atoms with E-state index in [1.165, 1.54) is 5.56 Å². The van der Waals surface area contributed by atoms with E-state index in [2.05, 4.69) is 37.4 Å². The number of rotatable bonds is 6. The first-order valence-corrected chi connectivity index (χ1v) is 12.0. The van der Waals surface area contributed by atoms with Gasteiger partial charge in [-0.15, -0.1) is 0 Å². The van der Waals surface area contributed by atoms with Crippen molar-refractivity contribution in [3.63, 3.8) is 0 Å². The summed E-state index contributed by atoms with van der Waals surface area (Å²) < 4.78 is 2.02. The second-order valence-electron chi connectivity index (χ2n) is 8.10. The van der Waals surface area contributed by atoms with E-state index in [0.29, 0.717) is 5.02 Å². The summed E-state index contributed by atoms with van der Waals surface area (Å²) in [4.78, 5) is 21.6. The molecule has 0 atom stereocenters. The number of carbonyl (C=O) groups excluding carboxylic acids is 1. The van der Waals surface area contributed by atoms with Crippen molar-refractivity contribution in [3.05, 3.63) is 100 Å². The first-order valence-electron chi connectivity index (χ1n) is 10.9. The number of aryl methyl sites for hydroxylation is 1. The second kappa shape index (κ2) is 10.2. The highest BCUT2D eigenvalue weighted by atomic mass is 35.5. The van der Waals surface area contributed by atoms with E-state index in [1.807, 2.05) is 73.0 Å². The molecule has 0 bridgehead atoms. The van der Waals surface area contributed by atoms with Crippen LogP contribution in [0, 0.1) is 6.92 Å². The monoisotopic (exact) mass is 475 g/mol. The maximum absolute atomic E-state index is 13.2. The number of para-hydroxylation sites is 1. The summed E-state index contributed by atoms with van der Waals surface area (Å²) >= 11 is 7.67. The van der Waals surface area contributed by atoms with E-state index in [4.69, 9.17) is 16.6 Å². The maximum Gasteiger partial charge on any atom is 0.248 e. The van der Waals surface area contributed by atoms with Gasteiger partial charge in [-0.3, -0.25) is 9.36 Å². The van der Waals surface area contributed by atoms with Gasteiger partial charge in [0.1, 0.15) is 6.54 Å². The number of halogens is 1. The predicted molar refractivity (Wildman–Crippen MR) is 138 cm³/mol. The van der Waals surface area contributed by atoms with Gasteiger partial charge in [0, 0.05) is 28.6 Å². The fourth-order valence-corrected chi connectivity index (χ4v) is 4.74. The molecule has 0 aliphatic heterocycles. The lowest BCUT2D eigenvalue weighted by molar-refractivity contribution is -0.117. The van der Waals surface area contributed by atoms with Crippen molar-refractivity contribution in [3.8, 4) is 16.1 Å². The van der Waals surface area contributed by atoms with E-state index in [1.54, 1.807) is 16.2 Å². The van der Waals surface area contributed by atoms with Gasteiger partial charge in [0.05, 0.1) is 4.88 Å². The highest BCUT2D eigenvalue weighted by molar-refractivity contribution is 7.12. The zero-order valence-electron chi connectivity index (χ0n) is 18.9. The van der Waals surface area contributed by atoms with E-state index in [0.717, 1.165) is 26.6 Å². The Hall–Kier alpha value is -3.15. The molecule has 4 aromatic rings. The molecule has 33 heavy (non-hydrogen) atoms. The first-order chi connectivity index (χ1) is 15.9. The third-order valence-electron chi connectivity index (χ3n) is 5.26. The standard InChI is InChI=1S/C27H26ClN3OS/c1-19(2)31(24-7-5-4-6-8-24)26(32)17-29-27-30(23-15-13-22(28)14-16-23)18-25(33-27)21-11-9-20(3)10-12-21/h4-16,18-19H,17H2,1-3H3. The second-order valence-corrected chi connectivity index (χ2v) is 9.55. The molecule has 3 aromatic carbocycles. The van der Waals surface area contributed by atoms with Crippen LogP contribution in [0.25, 0.3) is 16.1 Å². The third-order valence-corrected chi connectivity index (χ3v) is 6.58. The molecule has 0 saturated heterocycles. The SMILES string of the molecule is Cc1ccc(-c2cn(-c3ccc(Cl)cc3)c(=NCC(=O)N(c3ccccc3)C(C)C)s2)cc1. The summed E-state index contributed by atoms with van der Waals surface area (Å²) in [5.41, 5.74) is 4.16. The fourth-order valence-electron chi connectivity index (χ4n) is 3.62. The molecule has 4 rings (SSSR count). The molecule has 168 valence electrons.